The van der Waals surface area contributed by atoms with Gasteiger partial charge in [-0.15, -0.1) is 0 Å². The third-order valence-electron chi connectivity index (χ3n) is 6.13. The number of alkyl halides is 3. The zero-order valence-corrected chi connectivity index (χ0v) is 24.5. The average Bonchev–Trinajstić information content (AvgIpc) is 2.94. The average molecular weight is 631 g/mol. The topological polar surface area (TPSA) is 86.8 Å². The Labute approximate surface area is 246 Å². The van der Waals surface area contributed by atoms with E-state index < -0.39 is 51.9 Å². The third-order valence-corrected chi connectivity index (χ3v) is 8.48. The Bertz CT molecular complexity index is 1470. The Kier molecular flexibility index (Phi) is 10.7. The summed E-state index contributed by atoms with van der Waals surface area (Å²) in [6.45, 7) is 2.64. The molecule has 0 spiro atoms. The largest absolute Gasteiger partial charge is 0.416 e. The minimum absolute atomic E-state index is 0.105. The van der Waals surface area contributed by atoms with Gasteiger partial charge in [0.1, 0.15) is 12.6 Å². The van der Waals surface area contributed by atoms with Crippen LogP contribution in [-0.4, -0.2) is 44.3 Å². The van der Waals surface area contributed by atoms with Gasteiger partial charge in [0.25, 0.3) is 10.0 Å². The summed E-state index contributed by atoms with van der Waals surface area (Å²) in [5, 5.41) is 2.83. The second kappa shape index (κ2) is 13.6. The molecule has 0 aliphatic heterocycles. The zero-order valence-electron chi connectivity index (χ0n) is 22.2. The van der Waals surface area contributed by atoms with Gasteiger partial charge < -0.3 is 10.2 Å². The van der Waals surface area contributed by atoms with E-state index in [9.17, 15) is 31.2 Å². The molecule has 0 aliphatic rings. The fourth-order valence-corrected chi connectivity index (χ4v) is 5.72. The van der Waals surface area contributed by atoms with Crippen LogP contribution in [0.4, 0.5) is 18.9 Å². The number of amides is 2. The number of nitrogens with zero attached hydrogens (tertiary/aromatic N) is 2. The number of hydrogen-bond acceptors (Lipinski definition) is 4. The van der Waals surface area contributed by atoms with Gasteiger partial charge in [-0.3, -0.25) is 13.9 Å². The van der Waals surface area contributed by atoms with Crippen molar-refractivity contribution in [2.75, 3.05) is 17.4 Å². The van der Waals surface area contributed by atoms with Crippen molar-refractivity contribution in [1.82, 2.24) is 10.2 Å². The third kappa shape index (κ3) is 8.15. The molecule has 0 radical (unpaired) electrons. The SMILES string of the molecule is CCCNC(=O)[C@H](C)N(Cc1ccc(Cl)cc1)C(=O)CN(c1cc(C(F)(F)F)ccc1Cl)S(=O)(=O)c1ccccc1. The summed E-state index contributed by atoms with van der Waals surface area (Å²) in [5.41, 5.74) is -1.09. The predicted molar refractivity (Wildman–Crippen MR) is 152 cm³/mol. The summed E-state index contributed by atoms with van der Waals surface area (Å²) in [6.07, 6.45) is -4.17. The molecule has 2 amide bonds. The molecule has 7 nitrogen and oxygen atoms in total. The molecule has 0 unspecified atom stereocenters. The fourth-order valence-electron chi connectivity index (χ4n) is 3.88. The lowest BCUT2D eigenvalue weighted by Crippen LogP contribution is -2.51. The summed E-state index contributed by atoms with van der Waals surface area (Å²) < 4.78 is 68.9. The predicted octanol–water partition coefficient (Wildman–Crippen LogP) is 6.15. The van der Waals surface area contributed by atoms with Crippen molar-refractivity contribution in [2.45, 2.75) is 43.9 Å². The summed E-state index contributed by atoms with van der Waals surface area (Å²) in [5.74, 6) is -1.32. The number of halogens is 5. The molecule has 0 saturated heterocycles. The zero-order chi connectivity index (χ0) is 30.4. The van der Waals surface area contributed by atoms with Gasteiger partial charge in [0.05, 0.1) is 21.2 Å². The first-order valence-corrected chi connectivity index (χ1v) is 14.7. The van der Waals surface area contributed by atoms with Crippen LogP contribution in [0.1, 0.15) is 31.4 Å². The molecule has 41 heavy (non-hydrogen) atoms. The quantitative estimate of drug-likeness (QED) is 0.276. The maximum absolute atomic E-state index is 13.8. The first-order chi connectivity index (χ1) is 19.3. The molecule has 1 N–H and O–H groups in total. The van der Waals surface area contributed by atoms with Crippen LogP contribution >= 0.6 is 23.2 Å². The van der Waals surface area contributed by atoms with Crippen LogP contribution in [0.25, 0.3) is 0 Å². The fraction of sp³-hybridized carbons (Fsp3) is 0.286. The van der Waals surface area contributed by atoms with E-state index in [1.165, 1.54) is 31.2 Å². The van der Waals surface area contributed by atoms with Gasteiger partial charge in [0.2, 0.25) is 11.8 Å². The number of benzene rings is 3. The molecular weight excluding hydrogens is 602 g/mol. The summed E-state index contributed by atoms with van der Waals surface area (Å²) >= 11 is 12.2. The normalized spacial score (nSPS) is 12.5. The molecule has 3 aromatic rings. The lowest BCUT2D eigenvalue weighted by Gasteiger charge is -2.32. The van der Waals surface area contributed by atoms with Crippen molar-refractivity contribution in [3.63, 3.8) is 0 Å². The maximum Gasteiger partial charge on any atom is 0.416 e. The number of anilines is 1. The van der Waals surface area contributed by atoms with Gasteiger partial charge >= 0.3 is 6.18 Å². The molecule has 220 valence electrons. The van der Waals surface area contributed by atoms with Gasteiger partial charge in [-0.25, -0.2) is 8.42 Å². The number of rotatable bonds is 11. The molecule has 1 atom stereocenters. The lowest BCUT2D eigenvalue weighted by atomic mass is 10.1. The van der Waals surface area contributed by atoms with Crippen LogP contribution in [0.15, 0.2) is 77.7 Å². The van der Waals surface area contributed by atoms with Crippen molar-refractivity contribution >= 4 is 50.7 Å². The van der Waals surface area contributed by atoms with E-state index in [4.69, 9.17) is 23.2 Å². The molecule has 0 saturated carbocycles. The van der Waals surface area contributed by atoms with Crippen LogP contribution in [-0.2, 0) is 32.3 Å². The highest BCUT2D eigenvalue weighted by atomic mass is 35.5. The number of nitrogens with one attached hydrogen (secondary N) is 1. The van der Waals surface area contributed by atoms with Gasteiger partial charge in [0.15, 0.2) is 0 Å². The van der Waals surface area contributed by atoms with Crippen molar-refractivity contribution < 1.29 is 31.2 Å². The van der Waals surface area contributed by atoms with E-state index in [0.717, 1.165) is 11.0 Å². The molecular formula is C28H28Cl2F3N3O4S. The van der Waals surface area contributed by atoms with E-state index in [-0.39, 0.29) is 16.5 Å². The smallest absolute Gasteiger partial charge is 0.354 e. The number of sulfonamides is 1. The molecule has 3 rings (SSSR count). The van der Waals surface area contributed by atoms with Crippen LogP contribution < -0.4 is 9.62 Å². The highest BCUT2D eigenvalue weighted by Gasteiger charge is 2.36. The van der Waals surface area contributed by atoms with Crippen molar-refractivity contribution in [2.24, 2.45) is 0 Å². The van der Waals surface area contributed by atoms with Gasteiger partial charge in [-0.05, 0) is 61.4 Å². The van der Waals surface area contributed by atoms with E-state index in [1.54, 1.807) is 30.3 Å². The molecule has 13 heteroatoms. The van der Waals surface area contributed by atoms with E-state index >= 15 is 0 Å². The van der Waals surface area contributed by atoms with Gasteiger partial charge in [0, 0.05) is 18.1 Å². The molecule has 0 heterocycles. The Hall–Kier alpha value is -3.28. The minimum Gasteiger partial charge on any atom is -0.354 e. The number of hydrogen-bond donors (Lipinski definition) is 1. The van der Waals surface area contributed by atoms with Crippen LogP contribution in [0, 0.1) is 0 Å². The van der Waals surface area contributed by atoms with Crippen molar-refractivity contribution in [3.8, 4) is 0 Å². The molecule has 0 fully saturated rings. The van der Waals surface area contributed by atoms with E-state index in [1.807, 2.05) is 6.92 Å². The monoisotopic (exact) mass is 629 g/mol. The first kappa shape index (κ1) is 32.2. The summed E-state index contributed by atoms with van der Waals surface area (Å²) in [6, 6.07) is 14.6. The van der Waals surface area contributed by atoms with Crippen LogP contribution in [0.2, 0.25) is 10.0 Å². The Morgan fingerprint density at radius 3 is 2.20 bits per heavy atom. The van der Waals surface area contributed by atoms with E-state index in [2.05, 4.69) is 5.32 Å². The van der Waals surface area contributed by atoms with Crippen LogP contribution in [0.5, 0.6) is 0 Å². The Balaban J connectivity index is 2.11. The molecule has 0 aliphatic carbocycles. The molecule has 3 aromatic carbocycles. The second-order valence-corrected chi connectivity index (χ2v) is 11.8. The second-order valence-electron chi connectivity index (χ2n) is 9.10. The van der Waals surface area contributed by atoms with E-state index in [0.29, 0.717) is 40.0 Å². The highest BCUT2D eigenvalue weighted by molar-refractivity contribution is 7.92. The highest BCUT2D eigenvalue weighted by Crippen LogP contribution is 2.37. The van der Waals surface area contributed by atoms with Crippen molar-refractivity contribution in [3.05, 3.63) is 94.0 Å². The number of carbonyl (C=O) groups excluding carboxylic acids is 2. The first-order valence-electron chi connectivity index (χ1n) is 12.5. The van der Waals surface area contributed by atoms with Crippen molar-refractivity contribution in [1.29, 1.82) is 0 Å². The van der Waals surface area contributed by atoms with Gasteiger partial charge in [-0.1, -0.05) is 60.5 Å². The Morgan fingerprint density at radius 1 is 0.976 bits per heavy atom. The summed E-state index contributed by atoms with van der Waals surface area (Å²) in [7, 11) is -4.59. The van der Waals surface area contributed by atoms with Crippen LogP contribution in [0.3, 0.4) is 0 Å². The number of carbonyl (C=O) groups is 2. The minimum atomic E-state index is -4.81. The molecule has 0 bridgehead atoms. The molecule has 0 aromatic heterocycles. The standard InChI is InChI=1S/C28H28Cl2F3N3O4S/c1-3-15-34-27(38)19(2)35(17-20-9-12-22(29)13-10-20)26(37)18-36(41(39,40)23-7-5-4-6-8-23)25-16-21(28(31,32)33)11-14-24(25)30/h4-14,16,19H,3,15,17-18H2,1-2H3,(H,34,38)/t19-/m0/s1. The lowest BCUT2D eigenvalue weighted by molar-refractivity contribution is -0.139. The summed E-state index contributed by atoms with van der Waals surface area (Å²) in [4.78, 5) is 27.6. The van der Waals surface area contributed by atoms with Gasteiger partial charge in [-0.2, -0.15) is 13.2 Å². The Morgan fingerprint density at radius 2 is 1.61 bits per heavy atom. The maximum atomic E-state index is 13.8.